The number of rotatable bonds is 5. The molecule has 5 unspecified atom stereocenters. The third-order valence-electron chi connectivity index (χ3n) is 3.48. The number of hydrogen-bond acceptors (Lipinski definition) is 9. The summed E-state index contributed by atoms with van der Waals surface area (Å²) in [5, 5.41) is 58.6. The first-order valence-electron chi connectivity index (χ1n) is 7.02. The Morgan fingerprint density at radius 3 is 2.28 bits per heavy atom. The number of ether oxygens (including phenoxy) is 2. The fourth-order valence-electron chi connectivity index (χ4n) is 2.15. The number of carbonyl (C=O) groups is 1. The maximum absolute atomic E-state index is 11.2. The van der Waals surface area contributed by atoms with E-state index in [4.69, 9.17) is 14.6 Å². The second-order valence-corrected chi connectivity index (χ2v) is 5.20. The summed E-state index contributed by atoms with van der Waals surface area (Å²) in [7, 11) is 0. The molecule has 132 valence electrons. The van der Waals surface area contributed by atoms with E-state index in [1.807, 2.05) is 0 Å². The number of benzene rings is 1. The first-order valence-corrected chi connectivity index (χ1v) is 7.02. The van der Waals surface area contributed by atoms with Crippen LogP contribution in [0.3, 0.4) is 0 Å². The second kappa shape index (κ2) is 9.97. The summed E-state index contributed by atoms with van der Waals surface area (Å²) in [5.74, 6) is -2.43. The van der Waals surface area contributed by atoms with Crippen LogP contribution in [-0.4, -0.2) is 68.8 Å². The molecular weight excluding hydrogens is 363 g/mol. The summed E-state index contributed by atoms with van der Waals surface area (Å²) in [6.07, 6.45) is -6.83. The number of hydrogen-bond donors (Lipinski definition) is 5. The molecule has 10 heteroatoms. The molecular formula is C15H17KO9. The quantitative estimate of drug-likeness (QED) is 0.191. The van der Waals surface area contributed by atoms with Crippen molar-refractivity contribution in [3.8, 4) is 5.75 Å². The normalized spacial score (nSPS) is 29.6. The summed E-state index contributed by atoms with van der Waals surface area (Å²) in [6.45, 7) is -0.673. The molecule has 25 heavy (non-hydrogen) atoms. The van der Waals surface area contributed by atoms with E-state index >= 15 is 0 Å². The van der Waals surface area contributed by atoms with Crippen LogP contribution in [0.2, 0.25) is 0 Å². The van der Waals surface area contributed by atoms with Crippen LogP contribution in [0.25, 0.3) is 6.08 Å². The third-order valence-corrected chi connectivity index (χ3v) is 3.48. The molecule has 0 bridgehead atoms. The van der Waals surface area contributed by atoms with E-state index in [1.54, 1.807) is 0 Å². The smallest absolute Gasteiger partial charge is 0.542 e. The Kier molecular flexibility index (Phi) is 8.98. The number of aliphatic carboxylic acids is 1. The van der Waals surface area contributed by atoms with Crippen molar-refractivity contribution in [2.45, 2.75) is 30.7 Å². The van der Waals surface area contributed by atoms with Crippen molar-refractivity contribution in [2.24, 2.45) is 0 Å². The molecule has 1 aliphatic heterocycles. The number of carbonyl (C=O) groups excluding carboxylic acids is 1. The number of aromatic hydroxyl groups is 1. The zero-order chi connectivity index (χ0) is 17.9. The minimum absolute atomic E-state index is 0. The summed E-state index contributed by atoms with van der Waals surface area (Å²) >= 11 is 0. The standard InChI is InChI=1S/C15H18O9.K/c16-6-10-11(18)12(19)13(20)15(24-10)23-9(14(21)22)5-7-1-3-8(17)4-2-7;/h1-5,10-13,15-20H,6H2,(H,21,22);/q;+1/p-1. The van der Waals surface area contributed by atoms with Crippen molar-refractivity contribution < 1.29 is 96.3 Å². The SMILES string of the molecule is O=C([O-])C(=Cc1ccc(O)cc1)OC1OC(CO)C(O)C(O)C1O.[K+]. The van der Waals surface area contributed by atoms with Crippen LogP contribution in [0.1, 0.15) is 5.56 Å². The van der Waals surface area contributed by atoms with Gasteiger partial charge in [-0.05, 0) is 23.8 Å². The molecule has 9 nitrogen and oxygen atoms in total. The fraction of sp³-hybridized carbons (Fsp3) is 0.400. The Morgan fingerprint density at radius 1 is 1.16 bits per heavy atom. The van der Waals surface area contributed by atoms with Crippen molar-refractivity contribution in [1.29, 1.82) is 0 Å². The Bertz CT molecular complexity index is 602. The van der Waals surface area contributed by atoms with Crippen molar-refractivity contribution in [3.63, 3.8) is 0 Å². The molecule has 0 spiro atoms. The molecule has 0 aliphatic carbocycles. The Labute approximate surface area is 185 Å². The van der Waals surface area contributed by atoms with Crippen LogP contribution in [0.5, 0.6) is 5.75 Å². The Morgan fingerprint density at radius 2 is 1.76 bits per heavy atom. The number of aliphatic hydroxyl groups is 4. The number of phenolic OH excluding ortho intramolecular Hbond substituents is 1. The molecule has 1 heterocycles. The van der Waals surface area contributed by atoms with Gasteiger partial charge in [0, 0.05) is 0 Å². The molecule has 1 aromatic carbocycles. The zero-order valence-electron chi connectivity index (χ0n) is 13.3. The van der Waals surface area contributed by atoms with Crippen LogP contribution in [0, 0.1) is 0 Å². The molecule has 1 saturated heterocycles. The molecule has 0 saturated carbocycles. The van der Waals surface area contributed by atoms with Crippen molar-refractivity contribution in [1.82, 2.24) is 0 Å². The maximum atomic E-state index is 11.2. The number of carboxylic acids is 1. The summed E-state index contributed by atoms with van der Waals surface area (Å²) < 4.78 is 10.1. The van der Waals surface area contributed by atoms with E-state index in [-0.39, 0.29) is 57.1 Å². The van der Waals surface area contributed by atoms with E-state index in [2.05, 4.69) is 0 Å². The van der Waals surface area contributed by atoms with Gasteiger partial charge in [-0.2, -0.15) is 0 Å². The number of carboxylic acid groups (broad SMARTS) is 1. The molecule has 2 rings (SSSR count). The molecule has 1 fully saturated rings. The van der Waals surface area contributed by atoms with Crippen LogP contribution >= 0.6 is 0 Å². The number of phenols is 1. The molecule has 5 atom stereocenters. The summed E-state index contributed by atoms with van der Waals surface area (Å²) in [6, 6.07) is 5.48. The predicted molar refractivity (Wildman–Crippen MR) is 75.9 cm³/mol. The van der Waals surface area contributed by atoms with Crippen molar-refractivity contribution in [3.05, 3.63) is 35.6 Å². The first kappa shape index (κ1) is 22.5. The second-order valence-electron chi connectivity index (χ2n) is 5.20. The van der Waals surface area contributed by atoms with Crippen molar-refractivity contribution >= 4 is 12.0 Å². The summed E-state index contributed by atoms with van der Waals surface area (Å²) in [4.78, 5) is 11.2. The molecule has 1 aliphatic rings. The van der Waals surface area contributed by atoms with Crippen LogP contribution < -0.4 is 56.5 Å². The first-order chi connectivity index (χ1) is 11.3. The van der Waals surface area contributed by atoms with Crippen LogP contribution in [0.15, 0.2) is 30.0 Å². The van der Waals surface area contributed by atoms with E-state index < -0.39 is 49.0 Å². The molecule has 0 amide bonds. The molecule has 0 aromatic heterocycles. The number of aliphatic hydroxyl groups excluding tert-OH is 4. The van der Waals surface area contributed by atoms with Gasteiger partial charge in [0.25, 0.3) is 0 Å². The molecule has 0 radical (unpaired) electrons. The van der Waals surface area contributed by atoms with E-state index in [9.17, 15) is 30.3 Å². The summed E-state index contributed by atoms with van der Waals surface area (Å²) in [5.41, 5.74) is 0.358. The average Bonchev–Trinajstić information content (AvgIpc) is 2.56. The van der Waals surface area contributed by atoms with Gasteiger partial charge in [0.1, 0.15) is 41.9 Å². The Balaban J connectivity index is 0.00000312. The fourth-order valence-corrected chi connectivity index (χ4v) is 2.15. The van der Waals surface area contributed by atoms with Gasteiger partial charge in [0.2, 0.25) is 6.29 Å². The van der Waals surface area contributed by atoms with Gasteiger partial charge in [0.05, 0.1) is 6.61 Å². The van der Waals surface area contributed by atoms with Crippen LogP contribution in [0.4, 0.5) is 0 Å². The third kappa shape index (κ3) is 5.72. The van der Waals surface area contributed by atoms with Crippen LogP contribution in [-0.2, 0) is 14.3 Å². The minimum atomic E-state index is -1.75. The van der Waals surface area contributed by atoms with Gasteiger partial charge in [-0.3, -0.25) is 0 Å². The molecule has 1 aromatic rings. The van der Waals surface area contributed by atoms with E-state index in [1.165, 1.54) is 24.3 Å². The average molecular weight is 380 g/mol. The largest absolute Gasteiger partial charge is 1.00 e. The van der Waals surface area contributed by atoms with Gasteiger partial charge < -0.3 is 44.9 Å². The Hall–Kier alpha value is -0.534. The van der Waals surface area contributed by atoms with Gasteiger partial charge in [0.15, 0.2) is 0 Å². The van der Waals surface area contributed by atoms with E-state index in [0.29, 0.717) is 5.56 Å². The van der Waals surface area contributed by atoms with Gasteiger partial charge in [-0.15, -0.1) is 0 Å². The maximum Gasteiger partial charge on any atom is 1.00 e. The van der Waals surface area contributed by atoms with E-state index in [0.717, 1.165) is 6.08 Å². The monoisotopic (exact) mass is 380 g/mol. The molecule has 5 N–H and O–H groups in total. The topological polar surface area (TPSA) is 160 Å². The zero-order valence-corrected chi connectivity index (χ0v) is 16.5. The van der Waals surface area contributed by atoms with Gasteiger partial charge in [-0.1, -0.05) is 12.1 Å². The van der Waals surface area contributed by atoms with Gasteiger partial charge >= 0.3 is 51.4 Å². The van der Waals surface area contributed by atoms with Gasteiger partial charge in [-0.25, -0.2) is 0 Å². The minimum Gasteiger partial charge on any atom is -0.542 e. The van der Waals surface area contributed by atoms with Crippen molar-refractivity contribution in [2.75, 3.05) is 6.61 Å². The predicted octanol–water partition coefficient (Wildman–Crippen LogP) is -5.70.